The fourth-order valence-corrected chi connectivity index (χ4v) is 9.57. The number of anilines is 2. The first-order valence-electron chi connectivity index (χ1n) is 19.8. The van der Waals surface area contributed by atoms with E-state index >= 15 is 0 Å². The highest BCUT2D eigenvalue weighted by molar-refractivity contribution is 8.76. The lowest BCUT2D eigenvalue weighted by Gasteiger charge is -2.31. The molecule has 2 N–H and O–H groups in total. The van der Waals surface area contributed by atoms with Gasteiger partial charge in [0, 0.05) is 43.1 Å². The molecule has 5 heterocycles. The molecule has 1 aromatic heterocycles. The standard InChI is InChI=1S/C42H48N6O11S2/c1-24-13-28-20-43-31-17-36(34(55-4)15-29(31)39(49)45(28)21-24)57-11-7-6-8-12-58-37-18-32-30(16-35(37)56-5)40(50)46-22-25(2)14-33(46)41(51)47(32)42(52)59-23-26(3)60-61-38-10-9-27(19-44-38)48(53)54/h9-10,15-19,26,28,33,41,43,51H,1-2,6-8,11-14,20-23H2,3-5H3/t26?,28-,33-,41-/m0/s1. The Morgan fingerprint density at radius 2 is 1.61 bits per heavy atom. The van der Waals surface area contributed by atoms with Gasteiger partial charge in [-0.05, 0) is 68.0 Å². The second-order valence-electron chi connectivity index (χ2n) is 15.2. The molecule has 3 amide bonds. The molecule has 4 atom stereocenters. The largest absolute Gasteiger partial charge is 0.493 e. The van der Waals surface area contributed by atoms with E-state index in [2.05, 4.69) is 23.5 Å². The first-order chi connectivity index (χ1) is 29.4. The van der Waals surface area contributed by atoms with Crippen molar-refractivity contribution in [3.63, 3.8) is 0 Å². The molecule has 19 heteroatoms. The van der Waals surface area contributed by atoms with Crippen molar-refractivity contribution in [2.45, 2.75) is 67.6 Å². The summed E-state index contributed by atoms with van der Waals surface area (Å²) in [4.78, 5) is 60.2. The highest BCUT2D eigenvalue weighted by atomic mass is 33.1. The molecule has 7 rings (SSSR count). The zero-order valence-corrected chi connectivity index (χ0v) is 35.8. The van der Waals surface area contributed by atoms with Gasteiger partial charge in [0.1, 0.15) is 17.8 Å². The van der Waals surface area contributed by atoms with Gasteiger partial charge in [-0.1, -0.05) is 35.1 Å². The van der Waals surface area contributed by atoms with E-state index in [1.807, 2.05) is 17.9 Å². The lowest BCUT2D eigenvalue weighted by molar-refractivity contribution is -0.385. The van der Waals surface area contributed by atoms with Gasteiger partial charge in [0.15, 0.2) is 29.2 Å². The van der Waals surface area contributed by atoms with Gasteiger partial charge in [0.05, 0.1) is 66.9 Å². The number of carbonyl (C=O) groups excluding carboxylic acids is 3. The number of rotatable bonds is 16. The van der Waals surface area contributed by atoms with Crippen molar-refractivity contribution in [2.24, 2.45) is 0 Å². The Morgan fingerprint density at radius 3 is 2.28 bits per heavy atom. The minimum absolute atomic E-state index is 0.0495. The van der Waals surface area contributed by atoms with Gasteiger partial charge in [-0.2, -0.15) is 0 Å². The smallest absolute Gasteiger partial charge is 0.416 e. The van der Waals surface area contributed by atoms with Crippen LogP contribution in [0.3, 0.4) is 0 Å². The number of pyridine rings is 1. The minimum atomic E-state index is -1.45. The number of carbonyl (C=O) groups is 3. The van der Waals surface area contributed by atoms with Crippen LogP contribution >= 0.6 is 21.6 Å². The van der Waals surface area contributed by atoms with Crippen molar-refractivity contribution in [3.8, 4) is 23.0 Å². The summed E-state index contributed by atoms with van der Waals surface area (Å²) in [5.74, 6) is 1.12. The molecule has 324 valence electrons. The number of fused-ring (bicyclic) bond motifs is 4. The highest BCUT2D eigenvalue weighted by Crippen LogP contribution is 2.43. The van der Waals surface area contributed by atoms with E-state index in [1.165, 1.54) is 58.0 Å². The number of aromatic nitrogens is 1. The van der Waals surface area contributed by atoms with Gasteiger partial charge in [0.25, 0.3) is 17.5 Å². The van der Waals surface area contributed by atoms with E-state index < -0.39 is 29.2 Å². The maximum atomic E-state index is 14.0. The molecule has 0 radical (unpaired) electrons. The quantitative estimate of drug-likeness (QED) is 0.0507. The molecule has 61 heavy (non-hydrogen) atoms. The van der Waals surface area contributed by atoms with Crippen molar-refractivity contribution in [1.29, 1.82) is 0 Å². The Morgan fingerprint density at radius 1 is 0.951 bits per heavy atom. The number of hydrogen-bond donors (Lipinski definition) is 2. The summed E-state index contributed by atoms with van der Waals surface area (Å²) in [6.45, 7) is 11.9. The minimum Gasteiger partial charge on any atom is -0.493 e. The van der Waals surface area contributed by atoms with Crippen LogP contribution in [0.5, 0.6) is 23.0 Å². The average molecular weight is 877 g/mol. The monoisotopic (exact) mass is 876 g/mol. The number of benzene rings is 2. The Labute approximate surface area is 360 Å². The maximum Gasteiger partial charge on any atom is 0.416 e. The molecule has 4 aliphatic rings. The SMILES string of the molecule is C=C1C[C@H]2CNc3cc(OCCCCCOc4cc5c(cc4OC)C(=O)N4CC(=C)C[C@H]4[C@H](O)N5C(=O)OCC(C)SSc4ccc([N+](=O)[O-])cn4)c(OC)cc3C(=O)N2C1. The molecule has 0 saturated carbocycles. The van der Waals surface area contributed by atoms with E-state index in [0.29, 0.717) is 66.7 Å². The van der Waals surface area contributed by atoms with Crippen LogP contribution in [0.2, 0.25) is 0 Å². The van der Waals surface area contributed by atoms with Crippen LogP contribution in [0.25, 0.3) is 0 Å². The summed E-state index contributed by atoms with van der Waals surface area (Å²) >= 11 is 0. The molecular formula is C42H48N6O11S2. The Bertz CT molecular complexity index is 2210. The van der Waals surface area contributed by atoms with Crippen molar-refractivity contribution >= 4 is 56.6 Å². The molecule has 2 fully saturated rings. The van der Waals surface area contributed by atoms with Crippen LogP contribution < -0.4 is 29.2 Å². The molecule has 0 spiro atoms. The number of nitrogens with zero attached hydrogens (tertiary/aromatic N) is 5. The molecular weight excluding hydrogens is 829 g/mol. The lowest BCUT2D eigenvalue weighted by atomic mass is 10.1. The highest BCUT2D eigenvalue weighted by Gasteiger charge is 2.46. The Hall–Kier alpha value is -5.66. The topological polar surface area (TPSA) is 195 Å². The Balaban J connectivity index is 0.972. The third-order valence-electron chi connectivity index (χ3n) is 10.8. The van der Waals surface area contributed by atoms with E-state index in [4.69, 9.17) is 23.7 Å². The van der Waals surface area contributed by atoms with Gasteiger partial charge in [-0.3, -0.25) is 19.7 Å². The number of nitro groups is 1. The molecule has 0 bridgehead atoms. The van der Waals surface area contributed by atoms with Gasteiger partial charge in [-0.15, -0.1) is 0 Å². The number of aliphatic hydroxyl groups is 1. The summed E-state index contributed by atoms with van der Waals surface area (Å²) in [5, 5.41) is 26.4. The number of aliphatic hydroxyl groups excluding tert-OH is 1. The van der Waals surface area contributed by atoms with E-state index in [1.54, 1.807) is 19.2 Å². The number of hydrogen-bond acceptors (Lipinski definition) is 15. The van der Waals surface area contributed by atoms with Gasteiger partial charge < -0.3 is 43.9 Å². The molecule has 17 nitrogen and oxygen atoms in total. The van der Waals surface area contributed by atoms with Crippen LogP contribution in [-0.4, -0.2) is 120 Å². The fourth-order valence-electron chi connectivity index (χ4n) is 7.71. The molecule has 1 unspecified atom stereocenters. The predicted molar refractivity (Wildman–Crippen MR) is 230 cm³/mol. The second kappa shape index (κ2) is 18.9. The number of nitrogens with one attached hydrogen (secondary N) is 1. The van der Waals surface area contributed by atoms with Crippen LogP contribution in [0.15, 0.2) is 71.9 Å². The number of ether oxygens (including phenoxy) is 5. The molecule has 4 aliphatic heterocycles. The van der Waals surface area contributed by atoms with Crippen molar-refractivity contribution in [3.05, 3.63) is 88.1 Å². The van der Waals surface area contributed by atoms with Gasteiger partial charge in [0.2, 0.25) is 0 Å². The average Bonchev–Trinajstić information content (AvgIpc) is 3.79. The number of methoxy groups -OCH3 is 2. The summed E-state index contributed by atoms with van der Waals surface area (Å²) in [6, 6.07) is 8.79. The number of amides is 3. The second-order valence-corrected chi connectivity index (χ2v) is 17.8. The third kappa shape index (κ3) is 9.48. The fraction of sp³-hybridized carbons (Fsp3) is 0.429. The summed E-state index contributed by atoms with van der Waals surface area (Å²) in [6.07, 6.45) is 2.01. The number of unbranched alkanes of at least 4 members (excludes halogenated alkanes) is 2. The maximum absolute atomic E-state index is 14.0. The third-order valence-corrected chi connectivity index (χ3v) is 13.5. The van der Waals surface area contributed by atoms with E-state index in [-0.39, 0.29) is 65.4 Å². The van der Waals surface area contributed by atoms with Crippen molar-refractivity contribution in [1.82, 2.24) is 14.8 Å². The van der Waals surface area contributed by atoms with Crippen LogP contribution in [-0.2, 0) is 4.74 Å². The van der Waals surface area contributed by atoms with Gasteiger partial charge in [-0.25, -0.2) is 14.7 Å². The zero-order valence-electron chi connectivity index (χ0n) is 34.1. The van der Waals surface area contributed by atoms with E-state index in [0.717, 1.165) is 28.9 Å². The Kier molecular flexibility index (Phi) is 13.5. The van der Waals surface area contributed by atoms with Crippen molar-refractivity contribution in [2.75, 3.05) is 63.9 Å². The summed E-state index contributed by atoms with van der Waals surface area (Å²) < 4.78 is 29.3. The van der Waals surface area contributed by atoms with Crippen LogP contribution in [0, 0.1) is 10.1 Å². The van der Waals surface area contributed by atoms with Gasteiger partial charge >= 0.3 is 6.09 Å². The van der Waals surface area contributed by atoms with E-state index in [9.17, 15) is 29.6 Å². The molecule has 2 saturated heterocycles. The molecule has 0 aliphatic carbocycles. The first-order valence-corrected chi connectivity index (χ1v) is 22.0. The zero-order chi connectivity index (χ0) is 43.4. The van der Waals surface area contributed by atoms with Crippen LogP contribution in [0.1, 0.15) is 59.7 Å². The summed E-state index contributed by atoms with van der Waals surface area (Å²) in [5.41, 5.74) is 3.17. The normalized spacial score (nSPS) is 19.8. The first kappa shape index (κ1) is 43.4. The predicted octanol–water partition coefficient (Wildman–Crippen LogP) is 6.71. The lowest BCUT2D eigenvalue weighted by Crippen LogP contribution is -2.51. The molecule has 2 aromatic carbocycles. The summed E-state index contributed by atoms with van der Waals surface area (Å²) in [7, 11) is 5.64. The van der Waals surface area contributed by atoms with Crippen LogP contribution in [0.4, 0.5) is 21.9 Å². The molecule has 3 aromatic rings. The van der Waals surface area contributed by atoms with Crippen molar-refractivity contribution < 1.29 is 48.1 Å².